The molecule has 0 radical (unpaired) electrons. The van der Waals surface area contributed by atoms with Crippen LogP contribution < -0.4 is 0 Å². The van der Waals surface area contributed by atoms with Crippen LogP contribution in [0.25, 0.3) is 84.1 Å². The van der Waals surface area contributed by atoms with E-state index in [0.717, 1.165) is 66.9 Å². The predicted octanol–water partition coefficient (Wildman–Crippen LogP) is 8.71. The minimum Gasteiger partial charge on any atom is -0.445 e. The van der Waals surface area contributed by atoms with Gasteiger partial charge in [-0.05, 0) is 60.7 Å². The molecule has 0 unspecified atom stereocenters. The fourth-order valence-corrected chi connectivity index (χ4v) is 6.25. The van der Waals surface area contributed by atoms with Crippen molar-refractivity contribution in [3.63, 3.8) is 0 Å². The van der Waals surface area contributed by atoms with Gasteiger partial charge in [-0.1, -0.05) is 36.4 Å². The summed E-state index contributed by atoms with van der Waals surface area (Å²) in [4.78, 5) is 18.5. The number of benzene rings is 4. The Labute approximate surface area is 256 Å². The SMILES string of the molecule is Cn1c(-c2ccc3c4ccccc4n(-c4cc(-c5ccccn5)cc(-c5ncco5)c4)c3c2)nc2ccc(-c3ncco3)cc21. The van der Waals surface area contributed by atoms with Crippen molar-refractivity contribution in [2.24, 2.45) is 7.05 Å². The minimum atomic E-state index is 0.555. The second kappa shape index (κ2) is 9.89. The van der Waals surface area contributed by atoms with Gasteiger partial charge >= 0.3 is 0 Å². The number of imidazole rings is 1. The monoisotopic (exact) mass is 584 g/mol. The largest absolute Gasteiger partial charge is 0.445 e. The Balaban J connectivity index is 1.28. The van der Waals surface area contributed by atoms with E-state index in [1.54, 1.807) is 24.9 Å². The highest BCUT2D eigenvalue weighted by molar-refractivity contribution is 6.10. The molecule has 0 atom stereocenters. The number of hydrogen-bond donors (Lipinski definition) is 0. The molecule has 4 aromatic carbocycles. The van der Waals surface area contributed by atoms with Crippen LogP contribution in [0.4, 0.5) is 0 Å². The first-order valence-corrected chi connectivity index (χ1v) is 14.6. The van der Waals surface area contributed by atoms with Crippen molar-refractivity contribution >= 4 is 32.8 Å². The van der Waals surface area contributed by atoms with Crippen molar-refractivity contribution in [1.29, 1.82) is 0 Å². The first kappa shape index (κ1) is 25.2. The van der Waals surface area contributed by atoms with Crippen molar-refractivity contribution in [2.45, 2.75) is 0 Å². The highest BCUT2D eigenvalue weighted by Crippen LogP contribution is 2.37. The Kier molecular flexibility index (Phi) is 5.55. The zero-order valence-electron chi connectivity index (χ0n) is 24.1. The normalized spacial score (nSPS) is 11.7. The van der Waals surface area contributed by atoms with Crippen LogP contribution in [0.15, 0.2) is 137 Å². The third-order valence-corrected chi connectivity index (χ3v) is 8.31. The van der Waals surface area contributed by atoms with Crippen LogP contribution in [0, 0.1) is 0 Å². The van der Waals surface area contributed by atoms with Gasteiger partial charge in [0.15, 0.2) is 0 Å². The van der Waals surface area contributed by atoms with E-state index in [-0.39, 0.29) is 0 Å². The van der Waals surface area contributed by atoms with E-state index >= 15 is 0 Å². The van der Waals surface area contributed by atoms with E-state index in [1.807, 2.05) is 43.6 Å². The lowest BCUT2D eigenvalue weighted by Gasteiger charge is -2.13. The van der Waals surface area contributed by atoms with Crippen LogP contribution >= 0.6 is 0 Å². The minimum absolute atomic E-state index is 0.555. The van der Waals surface area contributed by atoms with Crippen LogP contribution in [-0.4, -0.2) is 29.1 Å². The molecule has 9 aromatic rings. The van der Waals surface area contributed by atoms with Gasteiger partial charge in [0, 0.05) is 52.0 Å². The standard InChI is InChI=1S/C37H24N6O2/c1-42-34-22-24(36-39-14-16-44-36)10-12-31(34)41-35(42)23-9-11-29-28-6-2-3-8-32(28)43(33(29)21-23)27-19-25(30-7-4-5-13-38-30)18-26(20-27)37-40-15-17-45-37/h2-22H,1H3. The molecular weight excluding hydrogens is 560 g/mol. The molecule has 0 bridgehead atoms. The molecule has 214 valence electrons. The lowest BCUT2D eigenvalue weighted by atomic mass is 10.1. The molecule has 8 heteroatoms. The summed E-state index contributed by atoms with van der Waals surface area (Å²) in [6.07, 6.45) is 8.32. The molecule has 0 fully saturated rings. The van der Waals surface area contributed by atoms with Gasteiger partial charge in [-0.2, -0.15) is 0 Å². The van der Waals surface area contributed by atoms with Crippen LogP contribution in [0.2, 0.25) is 0 Å². The van der Waals surface area contributed by atoms with E-state index in [1.165, 1.54) is 5.39 Å². The predicted molar refractivity (Wildman–Crippen MR) is 175 cm³/mol. The van der Waals surface area contributed by atoms with E-state index in [4.69, 9.17) is 13.8 Å². The number of para-hydroxylation sites is 1. The molecular formula is C37H24N6O2. The molecule has 0 saturated carbocycles. The van der Waals surface area contributed by atoms with Gasteiger partial charge in [-0.3, -0.25) is 4.98 Å². The molecule has 5 heterocycles. The molecule has 0 aliphatic carbocycles. The summed E-state index contributed by atoms with van der Waals surface area (Å²) in [5.74, 6) is 2.01. The maximum atomic E-state index is 5.75. The number of aryl methyl sites for hydroxylation is 1. The van der Waals surface area contributed by atoms with Crippen LogP contribution in [0.1, 0.15) is 0 Å². The maximum absolute atomic E-state index is 5.75. The summed E-state index contributed by atoms with van der Waals surface area (Å²) in [6, 6.07) is 33.4. The molecule has 0 N–H and O–H groups in total. The highest BCUT2D eigenvalue weighted by atomic mass is 16.3. The smallest absolute Gasteiger partial charge is 0.225 e. The Morgan fingerprint density at radius 1 is 0.556 bits per heavy atom. The lowest BCUT2D eigenvalue weighted by Crippen LogP contribution is -1.97. The van der Waals surface area contributed by atoms with E-state index < -0.39 is 0 Å². The summed E-state index contributed by atoms with van der Waals surface area (Å²) in [5, 5.41) is 2.32. The average molecular weight is 585 g/mol. The number of fused-ring (bicyclic) bond motifs is 4. The van der Waals surface area contributed by atoms with Gasteiger partial charge in [0.25, 0.3) is 0 Å². The van der Waals surface area contributed by atoms with Crippen LogP contribution in [0.3, 0.4) is 0 Å². The fraction of sp³-hybridized carbons (Fsp3) is 0.0270. The van der Waals surface area contributed by atoms with Crippen molar-refractivity contribution in [1.82, 2.24) is 29.1 Å². The summed E-state index contributed by atoms with van der Waals surface area (Å²) in [6.45, 7) is 0. The van der Waals surface area contributed by atoms with Gasteiger partial charge in [-0.15, -0.1) is 0 Å². The first-order valence-electron chi connectivity index (χ1n) is 14.6. The second-order valence-corrected chi connectivity index (χ2v) is 10.9. The van der Waals surface area contributed by atoms with Gasteiger partial charge in [0.05, 0.1) is 40.2 Å². The van der Waals surface area contributed by atoms with Crippen molar-refractivity contribution in [2.75, 3.05) is 0 Å². The first-order chi connectivity index (χ1) is 22.2. The molecule has 5 aromatic heterocycles. The molecule has 0 saturated heterocycles. The van der Waals surface area contributed by atoms with Gasteiger partial charge in [0.2, 0.25) is 11.8 Å². The van der Waals surface area contributed by atoms with Crippen molar-refractivity contribution in [3.05, 3.63) is 128 Å². The zero-order chi connectivity index (χ0) is 29.9. The summed E-state index contributed by atoms with van der Waals surface area (Å²) in [7, 11) is 2.04. The Morgan fingerprint density at radius 3 is 2.09 bits per heavy atom. The van der Waals surface area contributed by atoms with E-state index in [0.29, 0.717) is 11.8 Å². The number of oxazole rings is 2. The molecule has 0 aliphatic rings. The highest BCUT2D eigenvalue weighted by Gasteiger charge is 2.18. The summed E-state index contributed by atoms with van der Waals surface area (Å²) in [5.41, 5.74) is 9.69. The van der Waals surface area contributed by atoms with E-state index in [9.17, 15) is 0 Å². The fourth-order valence-electron chi connectivity index (χ4n) is 6.25. The van der Waals surface area contributed by atoms with E-state index in [2.05, 4.69) is 90.8 Å². The van der Waals surface area contributed by atoms with Crippen LogP contribution in [0.5, 0.6) is 0 Å². The van der Waals surface area contributed by atoms with Gasteiger partial charge in [0.1, 0.15) is 18.4 Å². The van der Waals surface area contributed by atoms with Gasteiger partial charge in [-0.25, -0.2) is 15.0 Å². The molecule has 9 rings (SSSR count). The van der Waals surface area contributed by atoms with Gasteiger partial charge < -0.3 is 18.0 Å². The molecule has 0 amide bonds. The number of pyridine rings is 1. The molecule has 8 nitrogen and oxygen atoms in total. The van der Waals surface area contributed by atoms with Crippen LogP contribution in [-0.2, 0) is 7.05 Å². The topological polar surface area (TPSA) is 87.7 Å². The average Bonchev–Trinajstić information content (AvgIpc) is 3.91. The molecule has 0 aliphatic heterocycles. The quantitative estimate of drug-likeness (QED) is 0.201. The zero-order valence-corrected chi connectivity index (χ0v) is 24.1. The number of hydrogen-bond acceptors (Lipinski definition) is 6. The van der Waals surface area contributed by atoms with Crippen molar-refractivity contribution < 1.29 is 8.83 Å². The number of rotatable bonds is 5. The molecule has 0 spiro atoms. The number of nitrogens with zero attached hydrogens (tertiary/aromatic N) is 6. The second-order valence-electron chi connectivity index (χ2n) is 10.9. The number of aromatic nitrogens is 6. The third-order valence-electron chi connectivity index (χ3n) is 8.31. The maximum Gasteiger partial charge on any atom is 0.225 e. The van der Waals surface area contributed by atoms with Crippen molar-refractivity contribution in [3.8, 4) is 51.2 Å². The molecule has 45 heavy (non-hydrogen) atoms. The summed E-state index contributed by atoms with van der Waals surface area (Å²) >= 11 is 0. The Hall–Kier alpha value is -6.28. The lowest BCUT2D eigenvalue weighted by molar-refractivity contribution is 0.574. The Bertz CT molecular complexity index is 2490. The summed E-state index contributed by atoms with van der Waals surface area (Å²) < 4.78 is 15.7. The third kappa shape index (κ3) is 4.07. The Morgan fingerprint density at radius 2 is 1.29 bits per heavy atom.